The first kappa shape index (κ1) is 30.7. The Morgan fingerprint density at radius 2 is 1.72 bits per heavy atom. The zero-order valence-electron chi connectivity index (χ0n) is 26.7. The van der Waals surface area contributed by atoms with E-state index in [-0.39, 0.29) is 29.2 Å². The highest BCUT2D eigenvalue weighted by molar-refractivity contribution is 6.06. The number of rotatable bonds is 10. The number of nitrogens with zero attached hydrogens (tertiary/aromatic N) is 1. The third kappa shape index (κ3) is 6.10. The number of pyridine rings is 1. The number of hydrogen-bond acceptors (Lipinski definition) is 5. The number of carbonyl (C=O) groups excluding carboxylic acids is 1. The smallest absolute Gasteiger partial charge is 0.258 e. The van der Waals surface area contributed by atoms with E-state index in [1.165, 1.54) is 12.0 Å². The topological polar surface area (TPSA) is 92.6 Å². The number of hydrogen-bond donors (Lipinski definition) is 3. The third-order valence-electron chi connectivity index (χ3n) is 10.6. The van der Waals surface area contributed by atoms with Crippen LogP contribution in [0, 0.1) is 0 Å². The van der Waals surface area contributed by atoms with Gasteiger partial charge in [-0.3, -0.25) is 9.59 Å². The summed E-state index contributed by atoms with van der Waals surface area (Å²) in [5.74, 6) is 0.661. The van der Waals surface area contributed by atoms with E-state index in [0.717, 1.165) is 68.2 Å². The van der Waals surface area contributed by atoms with Crippen LogP contribution in [0.15, 0.2) is 83.8 Å². The number of fused-ring (bicyclic) bond motifs is 2. The molecule has 3 atom stereocenters. The largest absolute Gasteiger partial charge is 0.487 e. The number of ether oxygens (including phenoxy) is 1. The predicted molar refractivity (Wildman–Crippen MR) is 182 cm³/mol. The maximum atomic E-state index is 14.1. The molecule has 1 amide bonds. The molecule has 0 radical (unpaired) electrons. The Balaban J connectivity index is 1.16. The van der Waals surface area contributed by atoms with Crippen LogP contribution in [0.4, 0.5) is 0 Å². The fourth-order valence-corrected chi connectivity index (χ4v) is 7.75. The van der Waals surface area contributed by atoms with Crippen molar-refractivity contribution in [3.05, 3.63) is 112 Å². The van der Waals surface area contributed by atoms with Crippen LogP contribution in [0.1, 0.15) is 97.4 Å². The molecule has 0 bridgehead atoms. The lowest BCUT2D eigenvalue weighted by molar-refractivity contribution is -0.0382. The lowest BCUT2D eigenvalue weighted by Crippen LogP contribution is -2.52. The van der Waals surface area contributed by atoms with E-state index in [2.05, 4.69) is 35.8 Å². The van der Waals surface area contributed by atoms with Gasteiger partial charge in [0.25, 0.3) is 11.5 Å². The number of amides is 1. The van der Waals surface area contributed by atoms with Crippen molar-refractivity contribution < 1.29 is 14.6 Å². The van der Waals surface area contributed by atoms with Crippen molar-refractivity contribution in [3.8, 4) is 5.75 Å². The molecule has 4 aromatic rings. The second kappa shape index (κ2) is 13.0. The van der Waals surface area contributed by atoms with Gasteiger partial charge < -0.3 is 25.0 Å². The molecule has 3 aliphatic rings. The van der Waals surface area contributed by atoms with Crippen LogP contribution in [0.5, 0.6) is 5.75 Å². The summed E-state index contributed by atoms with van der Waals surface area (Å²) >= 11 is 0. The summed E-state index contributed by atoms with van der Waals surface area (Å²) in [6.45, 7) is 2.47. The Morgan fingerprint density at radius 1 is 0.978 bits per heavy atom. The van der Waals surface area contributed by atoms with Gasteiger partial charge in [-0.05, 0) is 68.2 Å². The Bertz CT molecular complexity index is 1760. The highest BCUT2D eigenvalue weighted by Gasteiger charge is 2.45. The molecule has 7 rings (SSSR count). The van der Waals surface area contributed by atoms with Gasteiger partial charge in [0.2, 0.25) is 0 Å². The van der Waals surface area contributed by atoms with Crippen molar-refractivity contribution in [2.24, 2.45) is 0 Å². The summed E-state index contributed by atoms with van der Waals surface area (Å²) in [4.78, 5) is 27.6. The lowest BCUT2D eigenvalue weighted by Gasteiger charge is -2.48. The summed E-state index contributed by atoms with van der Waals surface area (Å²) in [6, 6.07) is 23.4. The molecule has 1 aromatic heterocycles. The van der Waals surface area contributed by atoms with Crippen molar-refractivity contribution in [2.75, 3.05) is 6.54 Å². The van der Waals surface area contributed by atoms with E-state index in [1.54, 1.807) is 10.8 Å². The van der Waals surface area contributed by atoms with Crippen molar-refractivity contribution in [3.63, 3.8) is 0 Å². The molecule has 1 spiro atoms. The Labute approximate surface area is 271 Å². The van der Waals surface area contributed by atoms with Crippen molar-refractivity contribution >= 4 is 16.7 Å². The molecule has 2 fully saturated rings. The number of benzene rings is 3. The van der Waals surface area contributed by atoms with E-state index in [0.29, 0.717) is 29.3 Å². The van der Waals surface area contributed by atoms with Gasteiger partial charge in [-0.25, -0.2) is 0 Å². The van der Waals surface area contributed by atoms with Crippen molar-refractivity contribution in [1.29, 1.82) is 0 Å². The lowest BCUT2D eigenvalue weighted by atomic mass is 9.72. The number of aryl methyl sites for hydroxylation is 1. The highest BCUT2D eigenvalue weighted by Crippen LogP contribution is 2.49. The van der Waals surface area contributed by atoms with Crippen molar-refractivity contribution in [2.45, 2.75) is 101 Å². The second-order valence-corrected chi connectivity index (χ2v) is 13.6. The van der Waals surface area contributed by atoms with E-state index in [4.69, 9.17) is 4.74 Å². The summed E-state index contributed by atoms with van der Waals surface area (Å²) in [5, 5.41) is 19.9. The highest BCUT2D eigenvalue weighted by atomic mass is 16.5. The minimum Gasteiger partial charge on any atom is -0.487 e. The Hall–Kier alpha value is -3.94. The minimum absolute atomic E-state index is 0.0451. The van der Waals surface area contributed by atoms with Crippen LogP contribution >= 0.6 is 0 Å². The van der Waals surface area contributed by atoms with Gasteiger partial charge in [-0.1, -0.05) is 80.4 Å². The molecule has 7 heteroatoms. The minimum atomic E-state index is -0.853. The summed E-state index contributed by atoms with van der Waals surface area (Å²) in [7, 11) is 0. The van der Waals surface area contributed by atoms with Gasteiger partial charge in [-0.15, -0.1) is 0 Å². The first-order valence-electron chi connectivity index (χ1n) is 17.1. The summed E-state index contributed by atoms with van der Waals surface area (Å²) in [5.41, 5.74) is 3.73. The molecule has 3 N–H and O–H groups in total. The van der Waals surface area contributed by atoms with Gasteiger partial charge in [0.05, 0.1) is 17.7 Å². The second-order valence-electron chi connectivity index (χ2n) is 13.6. The molecule has 0 saturated heterocycles. The first-order valence-corrected chi connectivity index (χ1v) is 17.1. The molecule has 240 valence electrons. The van der Waals surface area contributed by atoms with Crippen molar-refractivity contribution in [1.82, 2.24) is 15.2 Å². The molecule has 3 aromatic carbocycles. The summed E-state index contributed by atoms with van der Waals surface area (Å²) < 4.78 is 8.30. The zero-order chi connectivity index (χ0) is 31.7. The van der Waals surface area contributed by atoms with Gasteiger partial charge in [0.1, 0.15) is 11.4 Å². The molecule has 1 aliphatic heterocycles. The SMILES string of the molecule is CCc1ccc2c(c1)[C@@H](NC[C@@H](O)[C@H](Cc1ccccc1)NC(=O)c1cn(C3CCCC3)c(=O)c3ccccc13)CC1(CCC1)O2. The molecule has 0 unspecified atom stereocenters. The maximum absolute atomic E-state index is 14.1. The maximum Gasteiger partial charge on any atom is 0.258 e. The van der Waals surface area contributed by atoms with Crippen LogP contribution in [0.2, 0.25) is 0 Å². The van der Waals surface area contributed by atoms with Gasteiger partial charge in [0.15, 0.2) is 0 Å². The number of carbonyl (C=O) groups is 1. The van der Waals surface area contributed by atoms with E-state index < -0.39 is 12.1 Å². The molecular weight excluding hydrogens is 574 g/mol. The number of aromatic nitrogens is 1. The Morgan fingerprint density at radius 3 is 2.43 bits per heavy atom. The number of nitrogens with one attached hydrogen (secondary N) is 2. The third-order valence-corrected chi connectivity index (χ3v) is 10.6. The molecule has 7 nitrogen and oxygen atoms in total. The zero-order valence-corrected chi connectivity index (χ0v) is 26.7. The standard InChI is InChI=1S/C39H45N3O4/c1-2-26-17-18-36-31(21-26)34(23-39(46-36)19-10-20-39)40-24-35(43)33(22-27-11-4-3-5-12-27)41-37(44)32-25-42(28-13-6-7-14-28)38(45)30-16-9-8-15-29(30)32/h3-5,8-9,11-12,15-18,21,25,28,33-35,40,43H,2,6-7,10,13-14,19-20,22-24H2,1H3,(H,41,44)/t33-,34-,35+/m0/s1. The van der Waals surface area contributed by atoms with E-state index >= 15 is 0 Å². The average Bonchev–Trinajstić information content (AvgIpc) is 3.61. The van der Waals surface area contributed by atoms with Gasteiger partial charge in [0, 0.05) is 47.6 Å². The molecular formula is C39H45N3O4. The van der Waals surface area contributed by atoms with E-state index in [9.17, 15) is 14.7 Å². The molecule has 2 saturated carbocycles. The molecule has 2 aliphatic carbocycles. The molecule has 46 heavy (non-hydrogen) atoms. The normalized spacial score (nSPS) is 20.1. The monoisotopic (exact) mass is 619 g/mol. The average molecular weight is 620 g/mol. The van der Waals surface area contributed by atoms with E-state index in [1.807, 2.05) is 54.6 Å². The predicted octanol–water partition coefficient (Wildman–Crippen LogP) is 6.42. The van der Waals surface area contributed by atoms with Crippen LogP contribution in [0.3, 0.4) is 0 Å². The van der Waals surface area contributed by atoms with Crippen LogP contribution in [-0.2, 0) is 12.8 Å². The number of aliphatic hydroxyl groups is 1. The van der Waals surface area contributed by atoms with Crippen LogP contribution in [-0.4, -0.2) is 39.9 Å². The quantitative estimate of drug-likeness (QED) is 0.191. The van der Waals surface area contributed by atoms with Crippen LogP contribution < -0.4 is 20.9 Å². The first-order chi connectivity index (χ1) is 22.4. The van der Waals surface area contributed by atoms with Gasteiger partial charge >= 0.3 is 0 Å². The fourth-order valence-electron chi connectivity index (χ4n) is 7.75. The summed E-state index contributed by atoms with van der Waals surface area (Å²) in [6.07, 6.45) is 10.5. The fraction of sp³-hybridized carbons (Fsp3) is 0.436. The van der Waals surface area contributed by atoms with Gasteiger partial charge in [-0.2, -0.15) is 0 Å². The number of aliphatic hydroxyl groups excluding tert-OH is 1. The molecule has 2 heterocycles. The van der Waals surface area contributed by atoms with Crippen LogP contribution in [0.25, 0.3) is 10.8 Å². The Kier molecular flexibility index (Phi) is 8.71.